The summed E-state index contributed by atoms with van der Waals surface area (Å²) in [5.41, 5.74) is 4.23. The highest BCUT2D eigenvalue weighted by molar-refractivity contribution is 5.11. The van der Waals surface area contributed by atoms with Gasteiger partial charge in [0.1, 0.15) is 19.6 Å². The number of pyridine rings is 3. The number of rotatable bonds is 33. The second kappa shape index (κ2) is 29.8. The van der Waals surface area contributed by atoms with Crippen molar-refractivity contribution in [2.45, 2.75) is 214 Å². The third kappa shape index (κ3) is 21.2. The van der Waals surface area contributed by atoms with Crippen LogP contribution in [0, 0.1) is 0 Å². The molecule has 0 atom stereocenters. The van der Waals surface area contributed by atoms with E-state index >= 15 is 0 Å². The minimum atomic E-state index is 0.956. The molecule has 3 rings (SSSR count). The van der Waals surface area contributed by atoms with Gasteiger partial charge in [-0.25, -0.2) is 13.7 Å². The summed E-state index contributed by atoms with van der Waals surface area (Å²) in [6, 6.07) is 13.8. The van der Waals surface area contributed by atoms with E-state index in [0.29, 0.717) is 0 Å². The zero-order chi connectivity index (χ0) is 36.7. The molecule has 0 radical (unpaired) electrons. The van der Waals surface area contributed by atoms with Gasteiger partial charge in [-0.05, 0) is 37.5 Å². The first-order valence-electron chi connectivity index (χ1n) is 22.4. The van der Waals surface area contributed by atoms with E-state index in [9.17, 15) is 0 Å². The van der Waals surface area contributed by atoms with Crippen molar-refractivity contribution < 1.29 is 13.7 Å². The Bertz CT molecular complexity index is 1120. The van der Waals surface area contributed by atoms with Gasteiger partial charge in [0.25, 0.3) is 0 Å². The normalized spacial score (nSPS) is 11.5. The SMILES string of the molecule is CCCCCCCCCC[n+]1cccc(CN(Cc2ccc[n+](CCCCCCCCCC)c2)Cc2ccc[n+](CCCCCCCCCC)c2)c1. The molecule has 0 N–H and O–H groups in total. The Hall–Kier alpha value is -2.59. The minimum Gasteiger partial charge on any atom is -0.290 e. The molecule has 0 spiro atoms. The van der Waals surface area contributed by atoms with Gasteiger partial charge in [0.2, 0.25) is 0 Å². The average molecular weight is 714 g/mol. The van der Waals surface area contributed by atoms with Crippen LogP contribution in [0.2, 0.25) is 0 Å². The lowest BCUT2D eigenvalue weighted by atomic mass is 10.1. The van der Waals surface area contributed by atoms with Crippen molar-refractivity contribution >= 4 is 0 Å². The topological polar surface area (TPSA) is 14.9 Å². The molecule has 0 bridgehead atoms. The van der Waals surface area contributed by atoms with Gasteiger partial charge >= 0.3 is 0 Å². The van der Waals surface area contributed by atoms with Gasteiger partial charge in [-0.1, -0.05) is 136 Å². The Kier molecular flexibility index (Phi) is 25.1. The molecule has 0 aliphatic carbocycles. The largest absolute Gasteiger partial charge is 0.290 e. The molecular weight excluding hydrogens is 633 g/mol. The fraction of sp³-hybridized carbons (Fsp3) is 0.688. The van der Waals surface area contributed by atoms with Crippen LogP contribution in [0.3, 0.4) is 0 Å². The summed E-state index contributed by atoms with van der Waals surface area (Å²) in [6.45, 7) is 13.1. The van der Waals surface area contributed by atoms with Gasteiger partial charge in [0.05, 0.1) is 0 Å². The van der Waals surface area contributed by atoms with E-state index in [0.717, 1.165) is 39.3 Å². The molecule has 0 saturated heterocycles. The second-order valence-corrected chi connectivity index (χ2v) is 15.9. The van der Waals surface area contributed by atoms with Crippen LogP contribution in [0.5, 0.6) is 0 Å². The molecule has 3 aromatic rings. The lowest BCUT2D eigenvalue weighted by Crippen LogP contribution is -2.36. The van der Waals surface area contributed by atoms with Gasteiger partial charge in [-0.15, -0.1) is 0 Å². The molecule has 0 unspecified atom stereocenters. The Morgan fingerprint density at radius 1 is 0.346 bits per heavy atom. The maximum absolute atomic E-state index is 2.65. The summed E-state index contributed by atoms with van der Waals surface area (Å²) in [5.74, 6) is 0. The molecule has 3 heterocycles. The van der Waals surface area contributed by atoms with E-state index in [4.69, 9.17) is 0 Å². The van der Waals surface area contributed by atoms with Gasteiger partial charge in [0.15, 0.2) is 37.2 Å². The van der Waals surface area contributed by atoms with Crippen LogP contribution in [0.4, 0.5) is 0 Å². The Balaban J connectivity index is 1.58. The highest BCUT2D eigenvalue weighted by Gasteiger charge is 2.15. The van der Waals surface area contributed by atoms with Crippen molar-refractivity contribution in [3.63, 3.8) is 0 Å². The molecule has 290 valence electrons. The van der Waals surface area contributed by atoms with Crippen LogP contribution in [-0.2, 0) is 39.3 Å². The second-order valence-electron chi connectivity index (χ2n) is 15.9. The van der Waals surface area contributed by atoms with Crippen LogP contribution in [-0.4, -0.2) is 4.90 Å². The van der Waals surface area contributed by atoms with Crippen molar-refractivity contribution in [2.24, 2.45) is 0 Å². The molecule has 0 aliphatic heterocycles. The molecule has 4 heteroatoms. The fourth-order valence-electron chi connectivity index (χ4n) is 7.65. The first kappa shape index (κ1) is 43.8. The lowest BCUT2D eigenvalue weighted by molar-refractivity contribution is -0.697. The highest BCUT2D eigenvalue weighted by atomic mass is 15.1. The van der Waals surface area contributed by atoms with Crippen LogP contribution in [0.1, 0.15) is 192 Å². The molecular formula is C48H81N4+3. The summed E-state index contributed by atoms with van der Waals surface area (Å²) in [6.07, 6.45) is 46.9. The zero-order valence-corrected chi connectivity index (χ0v) is 34.4. The molecule has 3 aromatic heterocycles. The molecule has 0 fully saturated rings. The number of hydrogen-bond acceptors (Lipinski definition) is 1. The summed E-state index contributed by atoms with van der Waals surface area (Å²) in [4.78, 5) is 2.65. The van der Waals surface area contributed by atoms with Crippen molar-refractivity contribution in [2.75, 3.05) is 0 Å². The maximum Gasteiger partial charge on any atom is 0.173 e. The Morgan fingerprint density at radius 2 is 0.596 bits per heavy atom. The van der Waals surface area contributed by atoms with Crippen LogP contribution < -0.4 is 13.7 Å². The van der Waals surface area contributed by atoms with Crippen molar-refractivity contribution in [1.29, 1.82) is 0 Å². The maximum atomic E-state index is 2.65. The van der Waals surface area contributed by atoms with Crippen LogP contribution in [0.15, 0.2) is 73.6 Å². The van der Waals surface area contributed by atoms with Gasteiger partial charge in [-0.3, -0.25) is 4.90 Å². The first-order valence-corrected chi connectivity index (χ1v) is 22.4. The monoisotopic (exact) mass is 714 g/mol. The molecule has 52 heavy (non-hydrogen) atoms. The van der Waals surface area contributed by atoms with Crippen molar-refractivity contribution in [1.82, 2.24) is 4.90 Å². The fourth-order valence-corrected chi connectivity index (χ4v) is 7.65. The van der Waals surface area contributed by atoms with Gasteiger partial charge in [0, 0.05) is 73.8 Å². The third-order valence-electron chi connectivity index (χ3n) is 10.8. The average Bonchev–Trinajstić information content (AvgIpc) is 3.15. The van der Waals surface area contributed by atoms with Gasteiger partial charge < -0.3 is 0 Å². The smallest absolute Gasteiger partial charge is 0.173 e. The van der Waals surface area contributed by atoms with Crippen molar-refractivity contribution in [3.8, 4) is 0 Å². The first-order chi connectivity index (χ1) is 25.7. The van der Waals surface area contributed by atoms with Crippen LogP contribution >= 0.6 is 0 Å². The molecule has 0 aliphatic rings. The number of nitrogens with zero attached hydrogens (tertiary/aromatic N) is 4. The van der Waals surface area contributed by atoms with E-state index in [1.807, 2.05) is 0 Å². The quantitative estimate of drug-likeness (QED) is 0.0453. The molecule has 0 aromatic carbocycles. The van der Waals surface area contributed by atoms with Crippen LogP contribution in [0.25, 0.3) is 0 Å². The number of unbranched alkanes of at least 4 members (excludes halogenated alkanes) is 21. The Morgan fingerprint density at radius 3 is 0.865 bits per heavy atom. The zero-order valence-electron chi connectivity index (χ0n) is 34.4. The Labute approximate surface area is 322 Å². The van der Waals surface area contributed by atoms with E-state index in [-0.39, 0.29) is 0 Å². The molecule has 0 amide bonds. The predicted molar refractivity (Wildman–Crippen MR) is 221 cm³/mol. The van der Waals surface area contributed by atoms with Crippen molar-refractivity contribution in [3.05, 3.63) is 90.3 Å². The van der Waals surface area contributed by atoms with E-state index in [2.05, 4.69) is 113 Å². The van der Waals surface area contributed by atoms with Gasteiger partial charge in [-0.2, -0.15) is 0 Å². The third-order valence-corrected chi connectivity index (χ3v) is 10.8. The number of aromatic nitrogens is 3. The minimum absolute atomic E-state index is 0.956. The summed E-state index contributed by atoms with van der Waals surface area (Å²) < 4.78 is 7.31. The summed E-state index contributed by atoms with van der Waals surface area (Å²) >= 11 is 0. The standard InChI is InChI=1S/C48H81N4/c1-4-7-10-13-16-19-22-25-34-49-37-28-31-46(40-49)43-52(44-47-32-29-38-50(41-47)35-26-23-20-17-14-11-8-5-2)45-48-33-30-39-51(42-48)36-27-24-21-18-15-12-9-6-3/h28-33,37-42H,4-27,34-36,43-45H2,1-3H3/q+3. The highest BCUT2D eigenvalue weighted by Crippen LogP contribution is 2.14. The van der Waals surface area contributed by atoms with E-state index < -0.39 is 0 Å². The summed E-state index contributed by atoms with van der Waals surface area (Å²) in [5, 5.41) is 0. The predicted octanol–water partition coefficient (Wildman–Crippen LogP) is 12.2. The molecule has 4 nitrogen and oxygen atoms in total. The summed E-state index contributed by atoms with van der Waals surface area (Å²) in [7, 11) is 0. The number of aryl methyl sites for hydroxylation is 3. The van der Waals surface area contributed by atoms with E-state index in [1.54, 1.807) is 0 Å². The number of hydrogen-bond donors (Lipinski definition) is 0. The molecule has 0 saturated carbocycles. The lowest BCUT2D eigenvalue weighted by Gasteiger charge is -2.21. The van der Waals surface area contributed by atoms with E-state index in [1.165, 1.54) is 171 Å².